The van der Waals surface area contributed by atoms with E-state index in [0.717, 1.165) is 4.31 Å². The average Bonchev–Trinajstić information content (AvgIpc) is 2.38. The van der Waals surface area contributed by atoms with Crippen LogP contribution in [0, 0.1) is 0 Å². The van der Waals surface area contributed by atoms with Gasteiger partial charge in [0.2, 0.25) is 20.0 Å². The first-order valence-corrected chi connectivity index (χ1v) is 8.72. The lowest BCUT2D eigenvalue weighted by atomic mass is 10.4. The van der Waals surface area contributed by atoms with Crippen LogP contribution in [0.2, 0.25) is 0 Å². The fraction of sp³-hybridized carbons (Fsp3) is 0.455. The molecule has 0 heterocycles. The summed E-state index contributed by atoms with van der Waals surface area (Å²) in [4.78, 5) is -0.641. The Hall–Kier alpha value is -1.00. The van der Waals surface area contributed by atoms with E-state index < -0.39 is 26.2 Å². The van der Waals surface area contributed by atoms with Gasteiger partial charge in [0.25, 0.3) is 0 Å². The van der Waals surface area contributed by atoms with Gasteiger partial charge >= 0.3 is 0 Å². The molecule has 7 nitrogen and oxygen atoms in total. The van der Waals surface area contributed by atoms with Gasteiger partial charge in [-0.3, -0.25) is 0 Å². The Morgan fingerprint density at radius 3 is 2.15 bits per heavy atom. The molecule has 20 heavy (non-hydrogen) atoms. The number of sulfonamides is 2. The molecule has 1 aromatic rings. The van der Waals surface area contributed by atoms with Crippen LogP contribution in [0.1, 0.15) is 6.92 Å². The highest BCUT2D eigenvalue weighted by Crippen LogP contribution is 2.23. The van der Waals surface area contributed by atoms with Crippen molar-refractivity contribution in [3.8, 4) is 0 Å². The molecule has 0 bridgehead atoms. The Bertz CT molecular complexity index is 668. The van der Waals surface area contributed by atoms with Gasteiger partial charge in [-0.05, 0) is 26.1 Å². The monoisotopic (exact) mass is 322 g/mol. The van der Waals surface area contributed by atoms with Gasteiger partial charge in [-0.2, -0.15) is 4.31 Å². The predicted molar refractivity (Wildman–Crippen MR) is 74.2 cm³/mol. The van der Waals surface area contributed by atoms with Crippen LogP contribution < -0.4 is 4.72 Å². The first-order valence-electron chi connectivity index (χ1n) is 5.80. The third-order valence-electron chi connectivity index (χ3n) is 2.62. The molecule has 0 aliphatic heterocycles. The van der Waals surface area contributed by atoms with Gasteiger partial charge < -0.3 is 5.11 Å². The Morgan fingerprint density at radius 1 is 1.20 bits per heavy atom. The van der Waals surface area contributed by atoms with Crippen LogP contribution in [0.25, 0.3) is 0 Å². The predicted octanol–water partition coefficient (Wildman–Crippen LogP) is -0.404. The Kier molecular flexibility index (Phi) is 5.27. The van der Waals surface area contributed by atoms with E-state index in [0.29, 0.717) is 0 Å². The van der Waals surface area contributed by atoms with Crippen molar-refractivity contribution in [3.05, 3.63) is 24.3 Å². The highest BCUT2D eigenvalue weighted by atomic mass is 32.2. The minimum atomic E-state index is -4.00. The first-order chi connectivity index (χ1) is 9.13. The molecular formula is C11H18N2O5S2. The molecule has 0 saturated heterocycles. The second-order valence-electron chi connectivity index (χ2n) is 4.29. The van der Waals surface area contributed by atoms with Gasteiger partial charge in [-0.1, -0.05) is 12.1 Å². The molecule has 0 aromatic heterocycles. The number of hydrogen-bond acceptors (Lipinski definition) is 5. The Balaban J connectivity index is 3.41. The van der Waals surface area contributed by atoms with E-state index in [4.69, 9.17) is 0 Å². The molecule has 2 N–H and O–H groups in total. The van der Waals surface area contributed by atoms with Crippen molar-refractivity contribution in [3.63, 3.8) is 0 Å². The SMILES string of the molecule is CNS(=O)(=O)c1ccccc1S(=O)(=O)N(C)CC(C)O. The quantitative estimate of drug-likeness (QED) is 0.741. The molecule has 1 atom stereocenters. The van der Waals surface area contributed by atoms with E-state index in [-0.39, 0.29) is 16.3 Å². The lowest BCUT2D eigenvalue weighted by Crippen LogP contribution is -2.34. The van der Waals surface area contributed by atoms with Crippen LogP contribution in [0.15, 0.2) is 34.1 Å². The molecule has 1 rings (SSSR count). The van der Waals surface area contributed by atoms with Gasteiger partial charge in [-0.15, -0.1) is 0 Å². The number of nitrogens with zero attached hydrogens (tertiary/aromatic N) is 1. The van der Waals surface area contributed by atoms with Crippen LogP contribution in [-0.2, 0) is 20.0 Å². The van der Waals surface area contributed by atoms with Crippen LogP contribution >= 0.6 is 0 Å². The Morgan fingerprint density at radius 2 is 1.70 bits per heavy atom. The maximum absolute atomic E-state index is 12.4. The summed E-state index contributed by atoms with van der Waals surface area (Å²) >= 11 is 0. The highest BCUT2D eigenvalue weighted by molar-refractivity contribution is 7.92. The molecule has 114 valence electrons. The summed E-state index contributed by atoms with van der Waals surface area (Å²) in [5, 5.41) is 9.27. The molecule has 9 heteroatoms. The van der Waals surface area contributed by atoms with E-state index in [1.165, 1.54) is 45.3 Å². The molecule has 0 spiro atoms. The zero-order chi connectivity index (χ0) is 15.6. The zero-order valence-electron chi connectivity index (χ0n) is 11.4. The minimum Gasteiger partial charge on any atom is -0.392 e. The third-order valence-corrected chi connectivity index (χ3v) is 6.10. The van der Waals surface area contributed by atoms with Gasteiger partial charge in [0, 0.05) is 13.6 Å². The maximum atomic E-state index is 12.4. The fourth-order valence-corrected chi connectivity index (χ4v) is 4.41. The summed E-state index contributed by atoms with van der Waals surface area (Å²) in [6, 6.07) is 5.32. The standard InChI is InChI=1S/C11H18N2O5S2/c1-9(14)8-13(3)20(17,18)11-7-5-4-6-10(11)19(15,16)12-2/h4-7,9,12,14H,8H2,1-3H3. The van der Waals surface area contributed by atoms with E-state index >= 15 is 0 Å². The van der Waals surface area contributed by atoms with Crippen LogP contribution in [0.4, 0.5) is 0 Å². The molecule has 0 fully saturated rings. The number of aliphatic hydroxyl groups is 1. The van der Waals surface area contributed by atoms with Crippen molar-refractivity contribution in [2.45, 2.75) is 22.8 Å². The van der Waals surface area contributed by atoms with E-state index in [9.17, 15) is 21.9 Å². The summed E-state index contributed by atoms with van der Waals surface area (Å²) in [6.45, 7) is 1.32. The smallest absolute Gasteiger partial charge is 0.244 e. The van der Waals surface area contributed by atoms with Gasteiger partial charge in [-0.25, -0.2) is 21.6 Å². The highest BCUT2D eigenvalue weighted by Gasteiger charge is 2.29. The molecular weight excluding hydrogens is 304 g/mol. The number of rotatable bonds is 6. The van der Waals surface area contributed by atoms with Crippen molar-refractivity contribution < 1.29 is 21.9 Å². The molecule has 0 radical (unpaired) electrons. The average molecular weight is 322 g/mol. The topological polar surface area (TPSA) is 104 Å². The molecule has 0 aliphatic carbocycles. The number of aliphatic hydroxyl groups excluding tert-OH is 1. The second kappa shape index (κ2) is 6.19. The maximum Gasteiger partial charge on any atom is 0.244 e. The summed E-state index contributed by atoms with van der Waals surface area (Å²) < 4.78 is 51.5. The van der Waals surface area contributed by atoms with Gasteiger partial charge in [0.1, 0.15) is 9.79 Å². The zero-order valence-corrected chi connectivity index (χ0v) is 13.1. The third kappa shape index (κ3) is 3.55. The van der Waals surface area contributed by atoms with Crippen LogP contribution in [-0.4, -0.2) is 53.0 Å². The molecule has 1 unspecified atom stereocenters. The minimum absolute atomic E-state index is 0.129. The first kappa shape index (κ1) is 17.1. The van der Waals surface area contributed by atoms with Crippen LogP contribution in [0.3, 0.4) is 0 Å². The van der Waals surface area contributed by atoms with E-state index in [2.05, 4.69) is 4.72 Å². The van der Waals surface area contributed by atoms with Gasteiger partial charge in [0.15, 0.2) is 0 Å². The lowest BCUT2D eigenvalue weighted by Gasteiger charge is -2.20. The summed E-state index contributed by atoms with van der Waals surface area (Å²) in [5.41, 5.74) is 0. The Labute approximate surface area is 119 Å². The molecule has 0 aliphatic rings. The second-order valence-corrected chi connectivity index (χ2v) is 8.16. The van der Waals surface area contributed by atoms with Gasteiger partial charge in [0.05, 0.1) is 6.10 Å². The normalized spacial score (nSPS) is 14.4. The number of nitrogens with one attached hydrogen (secondary N) is 1. The van der Waals surface area contributed by atoms with Crippen molar-refractivity contribution >= 4 is 20.0 Å². The summed E-state index contributed by atoms with van der Waals surface area (Å²) in [5.74, 6) is 0. The van der Waals surface area contributed by atoms with Crippen molar-refractivity contribution in [2.24, 2.45) is 0 Å². The van der Waals surface area contributed by atoms with Crippen molar-refractivity contribution in [1.29, 1.82) is 0 Å². The number of likely N-dealkylation sites (N-methyl/N-ethyl adjacent to an activating group) is 1. The summed E-state index contributed by atoms with van der Waals surface area (Å²) in [6.07, 6.45) is -0.858. The summed E-state index contributed by atoms with van der Waals surface area (Å²) in [7, 11) is -5.41. The van der Waals surface area contributed by atoms with E-state index in [1.54, 1.807) is 0 Å². The molecule has 0 saturated carbocycles. The molecule has 0 amide bonds. The van der Waals surface area contributed by atoms with E-state index in [1.807, 2.05) is 0 Å². The van der Waals surface area contributed by atoms with Crippen molar-refractivity contribution in [1.82, 2.24) is 9.03 Å². The fourth-order valence-electron chi connectivity index (χ4n) is 1.63. The van der Waals surface area contributed by atoms with Crippen LogP contribution in [0.5, 0.6) is 0 Å². The van der Waals surface area contributed by atoms with Crippen molar-refractivity contribution in [2.75, 3.05) is 20.6 Å². The molecule has 1 aromatic carbocycles. The lowest BCUT2D eigenvalue weighted by molar-refractivity contribution is 0.171. The number of hydrogen-bond donors (Lipinski definition) is 2. The number of benzene rings is 1. The largest absolute Gasteiger partial charge is 0.392 e.